The van der Waals surface area contributed by atoms with Crippen LogP contribution in [-0.2, 0) is 6.18 Å². The van der Waals surface area contributed by atoms with Crippen LogP contribution in [0.25, 0.3) is 0 Å². The zero-order chi connectivity index (χ0) is 12.0. The lowest BCUT2D eigenvalue weighted by atomic mass is 10.2. The van der Waals surface area contributed by atoms with Crippen LogP contribution in [0.5, 0.6) is 0 Å². The van der Waals surface area contributed by atoms with E-state index >= 15 is 0 Å². The molecule has 0 saturated heterocycles. The second-order valence-electron chi connectivity index (χ2n) is 3.44. The normalized spacial score (nSPS) is 11.5. The second-order valence-corrected chi connectivity index (χ2v) is 3.44. The average Bonchev–Trinajstić information content (AvgIpc) is 2.24. The molecule has 0 atom stereocenters. The molecule has 0 fully saturated rings. The van der Waals surface area contributed by atoms with E-state index in [-0.39, 0.29) is 0 Å². The Bertz CT molecular complexity index is 308. The first kappa shape index (κ1) is 12.7. The Balaban J connectivity index is 2.46. The molecule has 1 N–H and O–H groups in total. The maximum absolute atomic E-state index is 12.1. The van der Waals surface area contributed by atoms with Crippen molar-refractivity contribution in [2.75, 3.05) is 11.9 Å². The number of aromatic nitrogens is 2. The maximum atomic E-state index is 12.1. The van der Waals surface area contributed by atoms with Crippen LogP contribution in [-0.4, -0.2) is 16.7 Å². The second kappa shape index (κ2) is 5.67. The summed E-state index contributed by atoms with van der Waals surface area (Å²) < 4.78 is 36.4. The summed E-state index contributed by atoms with van der Waals surface area (Å²) in [5.74, 6) is 0.379. The lowest BCUT2D eigenvalue weighted by Crippen LogP contribution is -2.11. The topological polar surface area (TPSA) is 37.8 Å². The molecule has 0 aromatic carbocycles. The van der Waals surface area contributed by atoms with E-state index in [0.29, 0.717) is 12.4 Å². The molecule has 6 heteroatoms. The molecule has 0 radical (unpaired) electrons. The third-order valence-corrected chi connectivity index (χ3v) is 2.04. The molecule has 0 spiro atoms. The Morgan fingerprint density at radius 3 is 2.44 bits per heavy atom. The van der Waals surface area contributed by atoms with Crippen LogP contribution in [0.2, 0.25) is 0 Å². The maximum Gasteiger partial charge on any atom is 0.435 e. The van der Waals surface area contributed by atoms with Gasteiger partial charge in [0.15, 0.2) is 5.69 Å². The van der Waals surface area contributed by atoms with Crippen LogP contribution >= 0.6 is 0 Å². The van der Waals surface area contributed by atoms with E-state index in [0.717, 1.165) is 25.3 Å². The molecule has 1 heterocycles. The smallest absolute Gasteiger partial charge is 0.369 e. The fourth-order valence-corrected chi connectivity index (χ4v) is 1.17. The quantitative estimate of drug-likeness (QED) is 0.794. The van der Waals surface area contributed by atoms with Crippen LogP contribution in [0.4, 0.5) is 19.0 Å². The Hall–Kier alpha value is -1.33. The Kier molecular flexibility index (Phi) is 4.52. The number of hydrogen-bond acceptors (Lipinski definition) is 3. The van der Waals surface area contributed by atoms with E-state index < -0.39 is 11.9 Å². The molecule has 3 nitrogen and oxygen atoms in total. The molecule has 0 aliphatic rings. The van der Waals surface area contributed by atoms with E-state index in [1.165, 1.54) is 6.07 Å². The van der Waals surface area contributed by atoms with Gasteiger partial charge in [-0.05, 0) is 18.6 Å². The lowest BCUT2D eigenvalue weighted by molar-refractivity contribution is -0.141. The van der Waals surface area contributed by atoms with E-state index in [1.807, 2.05) is 0 Å². The summed E-state index contributed by atoms with van der Waals surface area (Å²) in [6.45, 7) is 2.78. The highest BCUT2D eigenvalue weighted by atomic mass is 19.4. The van der Waals surface area contributed by atoms with Gasteiger partial charge < -0.3 is 5.32 Å². The number of nitrogens with one attached hydrogen (secondary N) is 1. The monoisotopic (exact) mass is 233 g/mol. The van der Waals surface area contributed by atoms with Gasteiger partial charge in [-0.2, -0.15) is 13.2 Å². The highest BCUT2D eigenvalue weighted by Gasteiger charge is 2.32. The van der Waals surface area contributed by atoms with E-state index in [9.17, 15) is 13.2 Å². The van der Waals surface area contributed by atoms with Gasteiger partial charge in [0, 0.05) is 6.54 Å². The number of anilines is 1. The van der Waals surface area contributed by atoms with Crippen LogP contribution in [0.15, 0.2) is 12.1 Å². The SMILES string of the molecule is CCCCCNc1ccc(C(F)(F)F)nn1. The van der Waals surface area contributed by atoms with Crippen LogP contribution in [0.3, 0.4) is 0 Å². The first-order valence-corrected chi connectivity index (χ1v) is 5.19. The van der Waals surface area contributed by atoms with Gasteiger partial charge in [0.1, 0.15) is 5.82 Å². The largest absolute Gasteiger partial charge is 0.435 e. The standard InChI is InChI=1S/C10H14F3N3/c1-2-3-4-7-14-9-6-5-8(15-16-9)10(11,12)13/h5-6H,2-4,7H2,1H3,(H,14,16). The van der Waals surface area contributed by atoms with Gasteiger partial charge in [-0.1, -0.05) is 19.8 Å². The predicted molar refractivity (Wildman–Crippen MR) is 55.0 cm³/mol. The molecular weight excluding hydrogens is 219 g/mol. The summed E-state index contributed by atoms with van der Waals surface area (Å²) in [5, 5.41) is 9.49. The van der Waals surface area contributed by atoms with E-state index in [4.69, 9.17) is 0 Å². The number of rotatable bonds is 5. The van der Waals surface area contributed by atoms with Gasteiger partial charge in [0.2, 0.25) is 0 Å². The summed E-state index contributed by atoms with van der Waals surface area (Å²) >= 11 is 0. The first-order valence-electron chi connectivity index (χ1n) is 5.19. The number of hydrogen-bond donors (Lipinski definition) is 1. The van der Waals surface area contributed by atoms with Crippen LogP contribution < -0.4 is 5.32 Å². The van der Waals surface area contributed by atoms with E-state index in [1.54, 1.807) is 0 Å². The summed E-state index contributed by atoms with van der Waals surface area (Å²) in [6, 6.07) is 2.22. The summed E-state index contributed by atoms with van der Waals surface area (Å²) in [4.78, 5) is 0. The molecule has 0 amide bonds. The Morgan fingerprint density at radius 2 is 1.94 bits per heavy atom. The van der Waals surface area contributed by atoms with Gasteiger partial charge >= 0.3 is 6.18 Å². The summed E-state index contributed by atoms with van der Waals surface area (Å²) in [5.41, 5.74) is -0.966. The number of halogens is 3. The van der Waals surface area contributed by atoms with Crippen molar-refractivity contribution in [3.05, 3.63) is 17.8 Å². The summed E-state index contributed by atoms with van der Waals surface area (Å²) in [6.07, 6.45) is -1.27. The molecule has 1 aromatic heterocycles. The predicted octanol–water partition coefficient (Wildman–Crippen LogP) is 3.10. The molecule has 16 heavy (non-hydrogen) atoms. The fraction of sp³-hybridized carbons (Fsp3) is 0.600. The van der Waals surface area contributed by atoms with E-state index in [2.05, 4.69) is 22.4 Å². The number of alkyl halides is 3. The van der Waals surface area contributed by atoms with Crippen molar-refractivity contribution in [1.29, 1.82) is 0 Å². The highest BCUT2D eigenvalue weighted by molar-refractivity contribution is 5.33. The first-order chi connectivity index (χ1) is 7.54. The molecule has 0 unspecified atom stereocenters. The molecule has 0 aliphatic carbocycles. The zero-order valence-electron chi connectivity index (χ0n) is 9.01. The van der Waals surface area contributed by atoms with Crippen molar-refractivity contribution >= 4 is 5.82 Å². The Morgan fingerprint density at radius 1 is 1.19 bits per heavy atom. The minimum Gasteiger partial charge on any atom is -0.369 e. The van der Waals surface area contributed by atoms with Crippen LogP contribution in [0, 0.1) is 0 Å². The molecule has 1 aromatic rings. The van der Waals surface area contributed by atoms with Gasteiger partial charge in [0.25, 0.3) is 0 Å². The molecular formula is C10H14F3N3. The molecule has 0 bridgehead atoms. The van der Waals surface area contributed by atoms with Gasteiger partial charge in [0.05, 0.1) is 0 Å². The molecule has 0 saturated carbocycles. The molecule has 90 valence electrons. The summed E-state index contributed by atoms with van der Waals surface area (Å²) in [7, 11) is 0. The minimum atomic E-state index is -4.42. The fourth-order valence-electron chi connectivity index (χ4n) is 1.17. The van der Waals surface area contributed by atoms with Crippen molar-refractivity contribution in [3.8, 4) is 0 Å². The van der Waals surface area contributed by atoms with Crippen molar-refractivity contribution in [3.63, 3.8) is 0 Å². The lowest BCUT2D eigenvalue weighted by Gasteiger charge is -2.06. The molecule has 0 aliphatic heterocycles. The van der Waals surface area contributed by atoms with Gasteiger partial charge in [-0.3, -0.25) is 0 Å². The number of unbranched alkanes of at least 4 members (excludes halogenated alkanes) is 2. The zero-order valence-corrected chi connectivity index (χ0v) is 9.01. The van der Waals surface area contributed by atoms with Crippen molar-refractivity contribution in [1.82, 2.24) is 10.2 Å². The average molecular weight is 233 g/mol. The van der Waals surface area contributed by atoms with Crippen molar-refractivity contribution in [2.45, 2.75) is 32.4 Å². The highest BCUT2D eigenvalue weighted by Crippen LogP contribution is 2.26. The van der Waals surface area contributed by atoms with Crippen LogP contribution in [0.1, 0.15) is 31.9 Å². The van der Waals surface area contributed by atoms with Crippen molar-refractivity contribution < 1.29 is 13.2 Å². The third-order valence-electron chi connectivity index (χ3n) is 2.04. The van der Waals surface area contributed by atoms with Crippen molar-refractivity contribution in [2.24, 2.45) is 0 Å². The third kappa shape index (κ3) is 4.04. The van der Waals surface area contributed by atoms with Gasteiger partial charge in [-0.25, -0.2) is 0 Å². The Labute approximate surface area is 92.1 Å². The molecule has 1 rings (SSSR count). The minimum absolute atomic E-state index is 0.379. The van der Waals surface area contributed by atoms with Gasteiger partial charge in [-0.15, -0.1) is 10.2 Å². The number of nitrogens with zero attached hydrogens (tertiary/aromatic N) is 2.